The third kappa shape index (κ3) is 4.22. The number of aromatic nitrogens is 4. The van der Waals surface area contributed by atoms with E-state index in [0.717, 1.165) is 22.5 Å². The number of benzene rings is 1. The highest BCUT2D eigenvalue weighted by molar-refractivity contribution is 5.95. The number of carbonyl (C=O) groups is 2. The lowest BCUT2D eigenvalue weighted by Gasteiger charge is -2.08. The van der Waals surface area contributed by atoms with Gasteiger partial charge in [0, 0.05) is 42.3 Å². The van der Waals surface area contributed by atoms with Crippen molar-refractivity contribution < 1.29 is 9.59 Å². The Morgan fingerprint density at radius 2 is 2.07 bits per heavy atom. The summed E-state index contributed by atoms with van der Waals surface area (Å²) in [5.41, 5.74) is 9.25. The first-order valence-corrected chi connectivity index (χ1v) is 8.62. The van der Waals surface area contributed by atoms with E-state index >= 15 is 0 Å². The smallest absolute Gasteiger partial charge is 0.251 e. The zero-order valence-electron chi connectivity index (χ0n) is 15.3. The second-order valence-corrected chi connectivity index (χ2v) is 6.31. The second-order valence-electron chi connectivity index (χ2n) is 6.31. The highest BCUT2D eigenvalue weighted by atomic mass is 16.2. The molecular formula is C19H22N6O2. The Morgan fingerprint density at radius 1 is 1.26 bits per heavy atom. The fraction of sp³-hybridized carbons (Fsp3) is 0.263. The number of nitrogens with zero attached hydrogens (tertiary/aromatic N) is 4. The van der Waals surface area contributed by atoms with E-state index in [0.29, 0.717) is 18.7 Å². The van der Waals surface area contributed by atoms with Crippen LogP contribution in [-0.2, 0) is 17.9 Å². The first kappa shape index (κ1) is 18.4. The summed E-state index contributed by atoms with van der Waals surface area (Å²) in [6.45, 7) is 4.95. The zero-order valence-corrected chi connectivity index (χ0v) is 15.3. The second kappa shape index (κ2) is 7.86. The van der Waals surface area contributed by atoms with Crippen LogP contribution in [0.25, 0.3) is 11.1 Å². The normalized spacial score (nSPS) is 10.7. The predicted octanol–water partition coefficient (Wildman–Crippen LogP) is 1.28. The summed E-state index contributed by atoms with van der Waals surface area (Å²) in [6.07, 6.45) is 5.26. The van der Waals surface area contributed by atoms with E-state index in [9.17, 15) is 9.59 Å². The average molecular weight is 366 g/mol. The van der Waals surface area contributed by atoms with Crippen LogP contribution in [0.3, 0.4) is 0 Å². The van der Waals surface area contributed by atoms with Crippen LogP contribution in [0.15, 0.2) is 43.0 Å². The molecule has 3 rings (SSSR count). The largest absolute Gasteiger partial charge is 0.368 e. The highest BCUT2D eigenvalue weighted by Crippen LogP contribution is 2.27. The molecule has 3 N–H and O–H groups in total. The van der Waals surface area contributed by atoms with Crippen LogP contribution in [-0.4, -0.2) is 37.7 Å². The van der Waals surface area contributed by atoms with Gasteiger partial charge in [-0.3, -0.25) is 14.3 Å². The summed E-state index contributed by atoms with van der Waals surface area (Å²) in [4.78, 5) is 27.6. The van der Waals surface area contributed by atoms with E-state index in [2.05, 4.69) is 15.4 Å². The molecule has 2 aromatic heterocycles. The quantitative estimate of drug-likeness (QED) is 0.656. The van der Waals surface area contributed by atoms with Gasteiger partial charge in [-0.1, -0.05) is 12.1 Å². The minimum absolute atomic E-state index is 0.0289. The number of nitrogens with one attached hydrogen (secondary N) is 1. The molecular weight excluding hydrogens is 344 g/mol. The summed E-state index contributed by atoms with van der Waals surface area (Å²) in [7, 11) is 0. The highest BCUT2D eigenvalue weighted by Gasteiger charge is 2.16. The van der Waals surface area contributed by atoms with Gasteiger partial charge in [0.05, 0.1) is 12.0 Å². The molecule has 0 bridgehead atoms. The van der Waals surface area contributed by atoms with Gasteiger partial charge in [0.1, 0.15) is 6.54 Å². The maximum absolute atomic E-state index is 12.5. The van der Waals surface area contributed by atoms with Crippen molar-refractivity contribution in [3.05, 3.63) is 59.9 Å². The number of nitrogens with two attached hydrogens (primary N) is 1. The van der Waals surface area contributed by atoms with Crippen LogP contribution in [0.4, 0.5) is 0 Å². The standard InChI is InChI=1S/C19H22N6O2/c1-13-18(14(2)25(23-13)11-17(20)26)15-4-3-5-16(10-15)19(27)22-7-9-24-8-6-21-12-24/h3-6,8,10,12H,7,9,11H2,1-2H3,(H2,20,26)(H,22,27). The summed E-state index contributed by atoms with van der Waals surface area (Å²) in [5, 5.41) is 7.29. The molecule has 1 aromatic carbocycles. The SMILES string of the molecule is Cc1nn(CC(N)=O)c(C)c1-c1cccc(C(=O)NCCn2ccnc2)c1. The van der Waals surface area contributed by atoms with E-state index in [-0.39, 0.29) is 12.5 Å². The first-order valence-electron chi connectivity index (χ1n) is 8.62. The van der Waals surface area contributed by atoms with Crippen LogP contribution in [0.5, 0.6) is 0 Å². The lowest BCUT2D eigenvalue weighted by molar-refractivity contribution is -0.118. The number of amides is 2. The number of rotatable bonds is 7. The maximum Gasteiger partial charge on any atom is 0.251 e. The van der Waals surface area contributed by atoms with E-state index in [1.165, 1.54) is 0 Å². The molecule has 0 aliphatic heterocycles. The average Bonchev–Trinajstić information content (AvgIpc) is 3.23. The Kier molecular flexibility index (Phi) is 5.35. The van der Waals surface area contributed by atoms with E-state index in [1.807, 2.05) is 42.8 Å². The summed E-state index contributed by atoms with van der Waals surface area (Å²) >= 11 is 0. The van der Waals surface area contributed by atoms with Gasteiger partial charge >= 0.3 is 0 Å². The van der Waals surface area contributed by atoms with Crippen molar-refractivity contribution in [2.24, 2.45) is 5.73 Å². The Bertz CT molecular complexity index is 959. The van der Waals surface area contributed by atoms with E-state index in [4.69, 9.17) is 5.73 Å². The molecule has 3 aromatic rings. The van der Waals surface area contributed by atoms with Crippen molar-refractivity contribution >= 4 is 11.8 Å². The minimum Gasteiger partial charge on any atom is -0.368 e. The molecule has 0 aliphatic carbocycles. The molecule has 0 atom stereocenters. The van der Waals surface area contributed by atoms with Gasteiger partial charge in [-0.15, -0.1) is 0 Å². The first-order chi connectivity index (χ1) is 13.0. The Hall–Kier alpha value is -3.42. The van der Waals surface area contributed by atoms with Crippen molar-refractivity contribution in [2.45, 2.75) is 26.9 Å². The number of hydrogen-bond acceptors (Lipinski definition) is 4. The van der Waals surface area contributed by atoms with Gasteiger partial charge < -0.3 is 15.6 Å². The molecule has 0 spiro atoms. The third-order valence-corrected chi connectivity index (χ3v) is 4.32. The number of aryl methyl sites for hydroxylation is 1. The summed E-state index contributed by atoms with van der Waals surface area (Å²) in [5.74, 6) is -0.588. The molecule has 0 unspecified atom stereocenters. The number of hydrogen-bond donors (Lipinski definition) is 2. The number of primary amides is 1. The Balaban J connectivity index is 1.76. The Labute approximate surface area is 157 Å². The lowest BCUT2D eigenvalue weighted by Crippen LogP contribution is -2.26. The third-order valence-electron chi connectivity index (χ3n) is 4.32. The topological polar surface area (TPSA) is 108 Å². The molecule has 0 saturated carbocycles. The molecule has 8 nitrogen and oxygen atoms in total. The molecule has 2 heterocycles. The number of carbonyl (C=O) groups excluding carboxylic acids is 2. The van der Waals surface area contributed by atoms with Gasteiger partial charge in [0.25, 0.3) is 5.91 Å². The van der Waals surface area contributed by atoms with Crippen LogP contribution in [0.2, 0.25) is 0 Å². The molecule has 8 heteroatoms. The van der Waals surface area contributed by atoms with Gasteiger partial charge in [0.2, 0.25) is 5.91 Å². The van der Waals surface area contributed by atoms with Crippen LogP contribution < -0.4 is 11.1 Å². The van der Waals surface area contributed by atoms with Crippen molar-refractivity contribution in [1.82, 2.24) is 24.6 Å². The monoisotopic (exact) mass is 366 g/mol. The van der Waals surface area contributed by atoms with Crippen LogP contribution in [0.1, 0.15) is 21.7 Å². The van der Waals surface area contributed by atoms with Crippen molar-refractivity contribution in [3.8, 4) is 11.1 Å². The molecule has 0 aliphatic rings. The fourth-order valence-corrected chi connectivity index (χ4v) is 3.05. The van der Waals surface area contributed by atoms with E-state index < -0.39 is 5.91 Å². The zero-order chi connectivity index (χ0) is 19.4. The number of imidazole rings is 1. The van der Waals surface area contributed by atoms with Gasteiger partial charge in [-0.25, -0.2) is 4.98 Å². The predicted molar refractivity (Wildman–Crippen MR) is 101 cm³/mol. The molecule has 27 heavy (non-hydrogen) atoms. The molecule has 2 amide bonds. The van der Waals surface area contributed by atoms with Gasteiger partial charge in [-0.05, 0) is 31.5 Å². The van der Waals surface area contributed by atoms with E-state index in [1.54, 1.807) is 23.3 Å². The molecule has 0 radical (unpaired) electrons. The van der Waals surface area contributed by atoms with Gasteiger partial charge in [0.15, 0.2) is 0 Å². The fourth-order valence-electron chi connectivity index (χ4n) is 3.05. The Morgan fingerprint density at radius 3 is 2.78 bits per heavy atom. The summed E-state index contributed by atoms with van der Waals surface area (Å²) < 4.78 is 3.49. The molecule has 0 fully saturated rings. The molecule has 140 valence electrons. The lowest BCUT2D eigenvalue weighted by atomic mass is 10.0. The van der Waals surface area contributed by atoms with Crippen LogP contribution >= 0.6 is 0 Å². The summed E-state index contributed by atoms with van der Waals surface area (Å²) in [6, 6.07) is 7.37. The van der Waals surface area contributed by atoms with Crippen molar-refractivity contribution in [2.75, 3.05) is 6.54 Å². The minimum atomic E-state index is -0.446. The van der Waals surface area contributed by atoms with Crippen molar-refractivity contribution in [3.63, 3.8) is 0 Å². The van der Waals surface area contributed by atoms with Crippen LogP contribution in [0, 0.1) is 13.8 Å². The van der Waals surface area contributed by atoms with Crippen molar-refractivity contribution in [1.29, 1.82) is 0 Å². The van der Waals surface area contributed by atoms with Gasteiger partial charge in [-0.2, -0.15) is 5.10 Å². The molecule has 0 saturated heterocycles. The maximum atomic E-state index is 12.5.